The Morgan fingerprint density at radius 2 is 1.97 bits per heavy atom. The van der Waals surface area contributed by atoms with Gasteiger partial charge in [0.1, 0.15) is 18.0 Å². The summed E-state index contributed by atoms with van der Waals surface area (Å²) in [5.74, 6) is -0.585. The maximum atomic E-state index is 12.8. The van der Waals surface area contributed by atoms with Crippen molar-refractivity contribution in [3.05, 3.63) is 62.9 Å². The number of rotatable bonds is 9. The van der Waals surface area contributed by atoms with Gasteiger partial charge in [-0.25, -0.2) is 4.68 Å². The molecule has 0 fully saturated rings. The quantitative estimate of drug-likeness (QED) is 0.417. The van der Waals surface area contributed by atoms with Gasteiger partial charge in [0.2, 0.25) is 17.7 Å². The van der Waals surface area contributed by atoms with Gasteiger partial charge in [0.25, 0.3) is 0 Å². The molecule has 0 saturated heterocycles. The van der Waals surface area contributed by atoms with Crippen molar-refractivity contribution < 1.29 is 9.53 Å². The van der Waals surface area contributed by atoms with E-state index in [-0.39, 0.29) is 16.8 Å². The van der Waals surface area contributed by atoms with E-state index in [0.717, 1.165) is 10.2 Å². The van der Waals surface area contributed by atoms with Gasteiger partial charge in [0, 0.05) is 12.1 Å². The molecule has 0 unspecified atom stereocenters. The highest BCUT2D eigenvalue weighted by atomic mass is 35.5. The number of primary amides is 1. The summed E-state index contributed by atoms with van der Waals surface area (Å²) >= 11 is 6.43. The number of aryl methyl sites for hydroxylation is 1. The molecule has 0 aliphatic heterocycles. The molecule has 1 amide bonds. The minimum absolute atomic E-state index is 0.0537. The number of methoxy groups -OCH3 is 1. The summed E-state index contributed by atoms with van der Waals surface area (Å²) in [4.78, 5) is 28.5. The zero-order valence-corrected chi connectivity index (χ0v) is 18.8. The molecule has 172 valence electrons. The average molecular weight is 479 g/mol. The number of aromatic nitrogens is 3. The number of benzene rings is 2. The van der Waals surface area contributed by atoms with Crippen LogP contribution in [0.1, 0.15) is 17.5 Å². The summed E-state index contributed by atoms with van der Waals surface area (Å²) in [7, 11) is 1.46. The Hall–Kier alpha value is -4.61. The lowest BCUT2D eigenvalue weighted by molar-refractivity contribution is -0.118. The molecule has 34 heavy (non-hydrogen) atoms. The van der Waals surface area contributed by atoms with E-state index in [1.807, 2.05) is 6.07 Å². The number of carbonyl (C=O) groups is 1. The number of carbonyl (C=O) groups excluding carboxylic acids is 1. The van der Waals surface area contributed by atoms with Gasteiger partial charge >= 0.3 is 5.56 Å². The molecular formula is C22H19ClN8O3. The maximum Gasteiger partial charge on any atom is 0.310 e. The minimum Gasteiger partial charge on any atom is -0.495 e. The van der Waals surface area contributed by atoms with Crippen molar-refractivity contribution in [2.24, 2.45) is 5.73 Å². The van der Waals surface area contributed by atoms with Gasteiger partial charge in [-0.2, -0.15) is 15.5 Å². The number of ether oxygens (including phenoxy) is 1. The molecule has 0 spiro atoms. The molecule has 0 aliphatic carbocycles. The molecule has 4 N–H and O–H groups in total. The third-order valence-electron chi connectivity index (χ3n) is 4.55. The van der Waals surface area contributed by atoms with Gasteiger partial charge < -0.3 is 21.1 Å². The van der Waals surface area contributed by atoms with E-state index in [1.54, 1.807) is 36.4 Å². The SMILES string of the molecule is COc1cc(CCC#N)cc(Cl)c1Nc1nc(Nc2ccc(C#N)cc2)c(=O)n(CC(N)=O)n1. The second kappa shape index (κ2) is 10.8. The Labute approximate surface area is 199 Å². The van der Waals surface area contributed by atoms with Crippen LogP contribution in [0.3, 0.4) is 0 Å². The van der Waals surface area contributed by atoms with Gasteiger partial charge in [-0.3, -0.25) is 9.59 Å². The van der Waals surface area contributed by atoms with E-state index in [2.05, 4.69) is 26.8 Å². The largest absolute Gasteiger partial charge is 0.495 e. The van der Waals surface area contributed by atoms with E-state index < -0.39 is 18.0 Å². The van der Waals surface area contributed by atoms with Gasteiger partial charge in [0.05, 0.1) is 29.8 Å². The van der Waals surface area contributed by atoms with Gasteiger partial charge in [-0.15, -0.1) is 5.10 Å². The minimum atomic E-state index is -0.770. The van der Waals surface area contributed by atoms with Crippen molar-refractivity contribution in [1.29, 1.82) is 10.5 Å². The Balaban J connectivity index is 2.01. The normalized spacial score (nSPS) is 10.1. The lowest BCUT2D eigenvalue weighted by atomic mass is 10.1. The highest BCUT2D eigenvalue weighted by molar-refractivity contribution is 6.33. The molecule has 0 atom stereocenters. The first kappa shape index (κ1) is 24.0. The molecule has 3 rings (SSSR count). The molecule has 0 saturated carbocycles. The predicted octanol–water partition coefficient (Wildman–Crippen LogP) is 2.60. The number of amides is 1. The summed E-state index contributed by atoms with van der Waals surface area (Å²) in [6, 6.07) is 13.8. The van der Waals surface area contributed by atoms with Crippen LogP contribution < -0.4 is 26.7 Å². The summed E-state index contributed by atoms with van der Waals surface area (Å²) in [6.45, 7) is -0.476. The zero-order valence-electron chi connectivity index (χ0n) is 18.0. The fourth-order valence-corrected chi connectivity index (χ4v) is 3.27. The van der Waals surface area contributed by atoms with Crippen LogP contribution in [0.2, 0.25) is 5.02 Å². The monoisotopic (exact) mass is 478 g/mol. The molecule has 1 heterocycles. The topological polar surface area (TPSA) is 172 Å². The van der Waals surface area contributed by atoms with Crippen LogP contribution in [0.15, 0.2) is 41.2 Å². The van der Waals surface area contributed by atoms with E-state index in [4.69, 9.17) is 32.6 Å². The predicted molar refractivity (Wildman–Crippen MR) is 125 cm³/mol. The summed E-state index contributed by atoms with van der Waals surface area (Å²) in [5, 5.41) is 27.9. The second-order valence-corrected chi connectivity index (χ2v) is 7.37. The first-order valence-corrected chi connectivity index (χ1v) is 10.3. The average Bonchev–Trinajstić information content (AvgIpc) is 2.82. The molecule has 1 aromatic heterocycles. The molecule has 3 aromatic rings. The van der Waals surface area contributed by atoms with Crippen LogP contribution in [0.4, 0.5) is 23.1 Å². The molecule has 12 heteroatoms. The Bertz CT molecular complexity index is 1360. The molecule has 11 nitrogen and oxygen atoms in total. The maximum absolute atomic E-state index is 12.8. The molecular weight excluding hydrogens is 460 g/mol. The van der Waals surface area contributed by atoms with Crippen LogP contribution in [0.5, 0.6) is 5.75 Å². The smallest absolute Gasteiger partial charge is 0.310 e. The van der Waals surface area contributed by atoms with Crippen molar-refractivity contribution in [1.82, 2.24) is 14.8 Å². The van der Waals surface area contributed by atoms with E-state index >= 15 is 0 Å². The molecule has 0 aliphatic rings. The summed E-state index contributed by atoms with van der Waals surface area (Å²) in [5.41, 5.74) is 6.65. The van der Waals surface area contributed by atoms with E-state index in [0.29, 0.717) is 35.5 Å². The number of nitrogens with two attached hydrogens (primary N) is 1. The van der Waals surface area contributed by atoms with Crippen LogP contribution in [0, 0.1) is 22.7 Å². The molecule has 0 bridgehead atoms. The van der Waals surface area contributed by atoms with Crippen LogP contribution in [-0.4, -0.2) is 27.8 Å². The van der Waals surface area contributed by atoms with Crippen molar-refractivity contribution in [2.75, 3.05) is 17.7 Å². The van der Waals surface area contributed by atoms with Gasteiger partial charge in [-0.1, -0.05) is 11.6 Å². The van der Waals surface area contributed by atoms with Crippen LogP contribution in [-0.2, 0) is 17.8 Å². The molecule has 2 aromatic carbocycles. The van der Waals surface area contributed by atoms with E-state index in [9.17, 15) is 9.59 Å². The number of nitrogens with zero attached hydrogens (tertiary/aromatic N) is 5. The fraction of sp³-hybridized carbons (Fsp3) is 0.182. The third kappa shape index (κ3) is 5.79. The number of hydrogen-bond donors (Lipinski definition) is 3. The fourth-order valence-electron chi connectivity index (χ4n) is 2.99. The van der Waals surface area contributed by atoms with Crippen molar-refractivity contribution in [3.8, 4) is 17.9 Å². The van der Waals surface area contributed by atoms with Crippen molar-refractivity contribution >= 4 is 40.6 Å². The second-order valence-electron chi connectivity index (χ2n) is 6.97. The lowest BCUT2D eigenvalue weighted by Crippen LogP contribution is -2.32. The zero-order chi connectivity index (χ0) is 24.7. The Morgan fingerprint density at radius 3 is 2.59 bits per heavy atom. The summed E-state index contributed by atoms with van der Waals surface area (Å²) < 4.78 is 6.28. The Kier molecular flexibility index (Phi) is 7.64. The number of anilines is 4. The first-order valence-electron chi connectivity index (χ1n) is 9.89. The number of hydrogen-bond acceptors (Lipinski definition) is 9. The van der Waals surface area contributed by atoms with Crippen molar-refractivity contribution in [2.45, 2.75) is 19.4 Å². The lowest BCUT2D eigenvalue weighted by Gasteiger charge is -2.15. The van der Waals surface area contributed by atoms with Crippen LogP contribution in [0.25, 0.3) is 0 Å². The highest BCUT2D eigenvalue weighted by Crippen LogP contribution is 2.36. The molecule has 0 radical (unpaired) electrons. The van der Waals surface area contributed by atoms with Crippen LogP contribution >= 0.6 is 11.6 Å². The Morgan fingerprint density at radius 1 is 1.24 bits per heavy atom. The summed E-state index contributed by atoms with van der Waals surface area (Å²) in [6.07, 6.45) is 0.809. The standard InChI is InChI=1S/C22H19ClN8O3/c1-34-17-10-14(3-2-8-24)9-16(23)19(17)28-22-29-20(21(33)31(30-22)12-18(26)32)27-15-6-4-13(11-25)5-7-15/h4-7,9-10H,2-3,12H2,1H3,(H2,26,32)(H2,27,28,29,30). The van der Waals surface area contributed by atoms with E-state index in [1.165, 1.54) is 7.11 Å². The number of nitriles is 2. The van der Waals surface area contributed by atoms with Crippen molar-refractivity contribution in [3.63, 3.8) is 0 Å². The van der Waals surface area contributed by atoms with Gasteiger partial charge in [-0.05, 0) is 48.4 Å². The first-order chi connectivity index (χ1) is 16.3. The highest BCUT2D eigenvalue weighted by Gasteiger charge is 2.16. The number of halogens is 1. The number of nitrogens with one attached hydrogen (secondary N) is 2. The third-order valence-corrected chi connectivity index (χ3v) is 4.85. The van der Waals surface area contributed by atoms with Gasteiger partial charge in [0.15, 0.2) is 0 Å².